The lowest BCUT2D eigenvalue weighted by atomic mass is 9.81. The third kappa shape index (κ3) is 5.17. The molecule has 0 saturated carbocycles. The van der Waals surface area contributed by atoms with Gasteiger partial charge in [-0.3, -0.25) is 0 Å². The van der Waals surface area contributed by atoms with Gasteiger partial charge in [-0.25, -0.2) is 0 Å². The van der Waals surface area contributed by atoms with Gasteiger partial charge < -0.3 is 101 Å². The van der Waals surface area contributed by atoms with Crippen LogP contribution in [0.4, 0.5) is 0 Å². The molecule has 10 rings (SSSR count). The van der Waals surface area contributed by atoms with Gasteiger partial charge in [0, 0.05) is 54.4 Å². The van der Waals surface area contributed by atoms with Crippen molar-refractivity contribution >= 4 is 54.3 Å². The molecule has 10 aromatic rings. The SMILES string of the molecule is Oc1c(O)c(O)c(-c2c3c(O)c(O)c(O)c(O)c3c(-c3ccc(-c4ccc5oc6ccccc6c5c4)cc3)c3c(O)c(-c4c(O)c(O)c(O)c5c(O)c(O)c(O)c(O)c45)c(O)c(O)c23)c(O)c1O. The number of hydrogen-bond donors (Lipinski definition) is 19. The summed E-state index contributed by atoms with van der Waals surface area (Å²) in [5, 5.41) is 208. The zero-order valence-corrected chi connectivity index (χ0v) is 33.8. The van der Waals surface area contributed by atoms with Crippen molar-refractivity contribution in [3.8, 4) is 154 Å². The van der Waals surface area contributed by atoms with Gasteiger partial charge in [0.25, 0.3) is 0 Å². The Hall–Kier alpha value is -10.2. The number of fused-ring (bicyclic) bond motifs is 6. The van der Waals surface area contributed by atoms with Crippen LogP contribution < -0.4 is 0 Å². The first-order valence-corrected chi connectivity index (χ1v) is 19.5. The number of aromatic hydroxyl groups is 19. The molecule has 0 amide bonds. The smallest absolute Gasteiger partial charge is 0.208 e. The van der Waals surface area contributed by atoms with Crippen molar-refractivity contribution in [2.24, 2.45) is 0 Å². The fourth-order valence-electron chi connectivity index (χ4n) is 8.95. The van der Waals surface area contributed by atoms with E-state index in [1.807, 2.05) is 18.2 Å². The van der Waals surface area contributed by atoms with Crippen molar-refractivity contribution in [2.45, 2.75) is 0 Å². The molecule has 1 aromatic heterocycles. The number of para-hydroxylation sites is 1. The first kappa shape index (κ1) is 41.8. The highest BCUT2D eigenvalue weighted by Crippen LogP contribution is 2.68. The van der Waals surface area contributed by atoms with Gasteiger partial charge in [0.15, 0.2) is 57.5 Å². The zero-order chi connectivity index (χ0) is 48.8. The molecular weight excluding hydrogens is 897 g/mol. The molecule has 1 heterocycles. The van der Waals surface area contributed by atoms with Crippen molar-refractivity contribution in [3.05, 3.63) is 66.7 Å². The summed E-state index contributed by atoms with van der Waals surface area (Å²) in [5.41, 5.74) is -3.22. The van der Waals surface area contributed by atoms with E-state index in [0.717, 1.165) is 10.8 Å². The lowest BCUT2D eigenvalue weighted by Crippen LogP contribution is -1.97. The van der Waals surface area contributed by atoms with Gasteiger partial charge in [0.2, 0.25) is 46.0 Å². The summed E-state index contributed by atoms with van der Waals surface area (Å²) in [5.74, 6) is -28.3. The predicted molar refractivity (Wildman–Crippen MR) is 240 cm³/mol. The van der Waals surface area contributed by atoms with Crippen molar-refractivity contribution in [1.82, 2.24) is 0 Å². The van der Waals surface area contributed by atoms with E-state index in [4.69, 9.17) is 4.42 Å². The number of benzene rings is 9. The first-order valence-electron chi connectivity index (χ1n) is 19.5. The van der Waals surface area contributed by atoms with Crippen LogP contribution >= 0.6 is 0 Å². The quantitative estimate of drug-likeness (QED) is 0.0450. The fourth-order valence-corrected chi connectivity index (χ4v) is 8.95. The molecule has 9 aromatic carbocycles. The first-order chi connectivity index (χ1) is 32.2. The standard InChI is InChI=1S/C48H30O20/c49-30-21-19(13-7-5-12(6-8-13)14-9-10-18-16(11-14)15-3-1-2-4-17(15)68-18)22-24(33(52)43(62)42(61)32(22)51)20(27-37(56)46(65)48(67)47(66)38(27)57)23(21)31(50)36(55)28(30)25-26-29(39(58)41(60)34(25)53)40(59)45(64)44(63)35(26)54/h1-11,49-67H. The van der Waals surface area contributed by atoms with Crippen LogP contribution in [0.5, 0.6) is 109 Å². The molecule has 0 fully saturated rings. The predicted octanol–water partition coefficient (Wildman–Crippen LogP) is 8.12. The Bertz CT molecular complexity index is 3910. The van der Waals surface area contributed by atoms with Crippen LogP contribution in [0.2, 0.25) is 0 Å². The minimum absolute atomic E-state index is 0.146. The van der Waals surface area contributed by atoms with Crippen molar-refractivity contribution in [3.63, 3.8) is 0 Å². The van der Waals surface area contributed by atoms with Gasteiger partial charge in [0.05, 0.1) is 16.5 Å². The second kappa shape index (κ2) is 13.9. The van der Waals surface area contributed by atoms with Gasteiger partial charge in [-0.05, 0) is 34.9 Å². The molecule has 0 saturated heterocycles. The molecule has 20 heteroatoms. The summed E-state index contributed by atoms with van der Waals surface area (Å²) in [7, 11) is 0. The summed E-state index contributed by atoms with van der Waals surface area (Å²) in [6.07, 6.45) is 0. The zero-order valence-electron chi connectivity index (χ0n) is 33.8. The van der Waals surface area contributed by atoms with E-state index < -0.39 is 169 Å². The summed E-state index contributed by atoms with van der Waals surface area (Å²) >= 11 is 0. The maximum atomic E-state index is 12.7. The van der Waals surface area contributed by atoms with Gasteiger partial charge in [-0.15, -0.1) is 0 Å². The summed E-state index contributed by atoms with van der Waals surface area (Å²) in [6.45, 7) is 0. The molecule has 0 aliphatic rings. The molecule has 0 radical (unpaired) electrons. The average molecular weight is 927 g/mol. The van der Waals surface area contributed by atoms with Gasteiger partial charge in [-0.2, -0.15) is 0 Å². The second-order valence-electron chi connectivity index (χ2n) is 15.6. The van der Waals surface area contributed by atoms with Crippen LogP contribution in [0.3, 0.4) is 0 Å². The van der Waals surface area contributed by atoms with E-state index in [9.17, 15) is 97.0 Å². The van der Waals surface area contributed by atoms with Crippen LogP contribution in [-0.4, -0.2) is 97.0 Å². The minimum Gasteiger partial charge on any atom is -0.506 e. The molecule has 0 aliphatic carbocycles. The van der Waals surface area contributed by atoms with Crippen LogP contribution in [0, 0.1) is 0 Å². The van der Waals surface area contributed by atoms with E-state index in [-0.39, 0.29) is 5.56 Å². The van der Waals surface area contributed by atoms with Gasteiger partial charge in [0.1, 0.15) is 16.9 Å². The summed E-state index contributed by atoms with van der Waals surface area (Å²) < 4.78 is 5.95. The number of phenols is 19. The van der Waals surface area contributed by atoms with Gasteiger partial charge in [-0.1, -0.05) is 48.5 Å². The van der Waals surface area contributed by atoms with E-state index in [2.05, 4.69) is 0 Å². The molecule has 20 nitrogen and oxygen atoms in total. The lowest BCUT2D eigenvalue weighted by molar-refractivity contribution is 0.330. The average Bonchev–Trinajstić information content (AvgIpc) is 3.71. The Morgan fingerprint density at radius 2 is 0.559 bits per heavy atom. The topological polar surface area (TPSA) is 398 Å². The Morgan fingerprint density at radius 1 is 0.221 bits per heavy atom. The number of phenolic OH excluding ortho intramolecular Hbond substituents is 19. The summed E-state index contributed by atoms with van der Waals surface area (Å²) in [4.78, 5) is 0. The Kier molecular flexibility index (Phi) is 8.52. The minimum atomic E-state index is -1.61. The molecule has 0 unspecified atom stereocenters. The Morgan fingerprint density at radius 3 is 1.12 bits per heavy atom. The largest absolute Gasteiger partial charge is 0.506 e. The lowest BCUT2D eigenvalue weighted by Gasteiger charge is -2.25. The number of rotatable bonds is 4. The maximum Gasteiger partial charge on any atom is 0.208 e. The molecule has 342 valence electrons. The van der Waals surface area contributed by atoms with E-state index in [1.165, 1.54) is 24.3 Å². The third-order valence-corrected chi connectivity index (χ3v) is 12.1. The van der Waals surface area contributed by atoms with E-state index in [1.54, 1.807) is 24.3 Å². The maximum absolute atomic E-state index is 12.7. The fraction of sp³-hybridized carbons (Fsp3) is 0. The van der Waals surface area contributed by atoms with E-state index in [0.29, 0.717) is 22.3 Å². The van der Waals surface area contributed by atoms with Crippen molar-refractivity contribution in [2.75, 3.05) is 0 Å². The highest BCUT2D eigenvalue weighted by Gasteiger charge is 2.38. The molecule has 68 heavy (non-hydrogen) atoms. The Balaban J connectivity index is 1.43. The highest BCUT2D eigenvalue weighted by molar-refractivity contribution is 6.31. The highest BCUT2D eigenvalue weighted by atomic mass is 16.4. The van der Waals surface area contributed by atoms with E-state index >= 15 is 0 Å². The number of furan rings is 1. The Labute approximate surface area is 375 Å². The van der Waals surface area contributed by atoms with Crippen molar-refractivity contribution < 1.29 is 101 Å². The van der Waals surface area contributed by atoms with Crippen LogP contribution in [-0.2, 0) is 0 Å². The normalized spacial score (nSPS) is 11.8. The molecule has 19 N–H and O–H groups in total. The van der Waals surface area contributed by atoms with Crippen LogP contribution in [0.25, 0.3) is 98.8 Å². The third-order valence-electron chi connectivity index (χ3n) is 12.1. The summed E-state index contributed by atoms with van der Waals surface area (Å²) in [6, 6.07) is 18.3. The van der Waals surface area contributed by atoms with Crippen LogP contribution in [0.15, 0.2) is 71.1 Å². The van der Waals surface area contributed by atoms with Crippen LogP contribution in [0.1, 0.15) is 0 Å². The van der Waals surface area contributed by atoms with Crippen molar-refractivity contribution in [1.29, 1.82) is 0 Å². The monoisotopic (exact) mass is 926 g/mol. The second-order valence-corrected chi connectivity index (χ2v) is 15.6. The molecule has 0 aliphatic heterocycles. The van der Waals surface area contributed by atoms with Gasteiger partial charge >= 0.3 is 0 Å². The molecule has 0 bridgehead atoms. The number of hydrogen-bond acceptors (Lipinski definition) is 20. The molecule has 0 atom stereocenters. The molecule has 0 spiro atoms. The molecular formula is C48H30O20.